The molecule has 26 heavy (non-hydrogen) atoms. The molecule has 1 aliphatic rings. The van der Waals surface area contributed by atoms with Crippen LogP contribution in [0.3, 0.4) is 0 Å². The SMILES string of the molecule is CCNC(=NCCCc1nnc(SC)n1CC(C)C)NC1CC=CC1.I. The van der Waals surface area contributed by atoms with Crippen molar-refractivity contribution in [1.29, 1.82) is 0 Å². The number of nitrogens with one attached hydrogen (secondary N) is 2. The third kappa shape index (κ3) is 7.46. The van der Waals surface area contributed by atoms with Gasteiger partial charge in [-0.15, -0.1) is 34.2 Å². The summed E-state index contributed by atoms with van der Waals surface area (Å²) in [6.45, 7) is 9.20. The second-order valence-corrected chi connectivity index (χ2v) is 7.53. The van der Waals surface area contributed by atoms with E-state index in [9.17, 15) is 0 Å². The Morgan fingerprint density at radius 3 is 2.69 bits per heavy atom. The van der Waals surface area contributed by atoms with Crippen molar-refractivity contribution >= 4 is 41.7 Å². The molecule has 1 heterocycles. The zero-order valence-corrected chi connectivity index (χ0v) is 19.5. The zero-order valence-electron chi connectivity index (χ0n) is 16.4. The summed E-state index contributed by atoms with van der Waals surface area (Å²) in [5, 5.41) is 16.5. The van der Waals surface area contributed by atoms with Crippen LogP contribution in [0.1, 0.15) is 45.9 Å². The van der Waals surface area contributed by atoms with Gasteiger partial charge in [0.1, 0.15) is 5.82 Å². The largest absolute Gasteiger partial charge is 0.357 e. The summed E-state index contributed by atoms with van der Waals surface area (Å²) in [6, 6.07) is 0.482. The molecule has 2 N–H and O–H groups in total. The molecule has 0 aromatic carbocycles. The summed E-state index contributed by atoms with van der Waals surface area (Å²) in [6.07, 6.45) is 10.6. The Morgan fingerprint density at radius 2 is 2.08 bits per heavy atom. The van der Waals surface area contributed by atoms with E-state index < -0.39 is 0 Å². The average molecular weight is 492 g/mol. The van der Waals surface area contributed by atoms with E-state index in [4.69, 9.17) is 4.99 Å². The lowest BCUT2D eigenvalue weighted by atomic mass is 10.2. The molecule has 0 saturated carbocycles. The number of hydrogen-bond donors (Lipinski definition) is 2. The van der Waals surface area contributed by atoms with Crippen molar-refractivity contribution in [3.8, 4) is 0 Å². The minimum atomic E-state index is 0. The molecule has 148 valence electrons. The second kappa shape index (κ2) is 12.6. The molecule has 0 radical (unpaired) electrons. The molecule has 0 unspecified atom stereocenters. The molecule has 8 heteroatoms. The molecule has 0 atom stereocenters. The number of hydrogen-bond acceptors (Lipinski definition) is 4. The van der Waals surface area contributed by atoms with Crippen molar-refractivity contribution in [3.63, 3.8) is 0 Å². The fraction of sp³-hybridized carbons (Fsp3) is 0.722. The van der Waals surface area contributed by atoms with Crippen LogP contribution in [-0.2, 0) is 13.0 Å². The van der Waals surface area contributed by atoms with Gasteiger partial charge in [0.05, 0.1) is 0 Å². The van der Waals surface area contributed by atoms with Gasteiger partial charge in [0, 0.05) is 32.1 Å². The van der Waals surface area contributed by atoms with Crippen LogP contribution in [0, 0.1) is 5.92 Å². The number of rotatable bonds is 9. The van der Waals surface area contributed by atoms with Crippen LogP contribution in [-0.4, -0.2) is 46.1 Å². The van der Waals surface area contributed by atoms with Crippen LogP contribution < -0.4 is 10.6 Å². The number of halogens is 1. The van der Waals surface area contributed by atoms with E-state index >= 15 is 0 Å². The van der Waals surface area contributed by atoms with Crippen molar-refractivity contribution in [2.45, 2.75) is 64.2 Å². The van der Waals surface area contributed by atoms with Gasteiger partial charge in [0.25, 0.3) is 0 Å². The maximum absolute atomic E-state index is 4.71. The monoisotopic (exact) mass is 492 g/mol. The van der Waals surface area contributed by atoms with E-state index in [1.54, 1.807) is 11.8 Å². The smallest absolute Gasteiger partial charge is 0.191 e. The molecule has 1 aromatic rings. The fourth-order valence-electron chi connectivity index (χ4n) is 2.88. The molecule has 2 rings (SSSR count). The predicted molar refractivity (Wildman–Crippen MR) is 122 cm³/mol. The van der Waals surface area contributed by atoms with Crippen molar-refractivity contribution in [2.75, 3.05) is 19.3 Å². The van der Waals surface area contributed by atoms with Gasteiger partial charge in [-0.1, -0.05) is 37.8 Å². The molecule has 6 nitrogen and oxygen atoms in total. The molecular formula is C18H33IN6S. The van der Waals surface area contributed by atoms with E-state index in [-0.39, 0.29) is 24.0 Å². The third-order valence-corrected chi connectivity index (χ3v) is 4.71. The van der Waals surface area contributed by atoms with Crippen LogP contribution in [0.5, 0.6) is 0 Å². The van der Waals surface area contributed by atoms with E-state index in [0.717, 1.165) is 62.3 Å². The van der Waals surface area contributed by atoms with Gasteiger partial charge >= 0.3 is 0 Å². The molecule has 0 fully saturated rings. The van der Waals surface area contributed by atoms with Crippen LogP contribution >= 0.6 is 35.7 Å². The second-order valence-electron chi connectivity index (χ2n) is 6.76. The van der Waals surface area contributed by atoms with Gasteiger partial charge in [-0.2, -0.15) is 0 Å². The van der Waals surface area contributed by atoms with Gasteiger partial charge < -0.3 is 15.2 Å². The Hall–Kier alpha value is -0.770. The number of aryl methyl sites for hydroxylation is 1. The van der Waals surface area contributed by atoms with Gasteiger partial charge in [0.2, 0.25) is 0 Å². The van der Waals surface area contributed by atoms with Crippen LogP contribution in [0.25, 0.3) is 0 Å². The first-order chi connectivity index (χ1) is 12.1. The van der Waals surface area contributed by atoms with Gasteiger partial charge in [-0.25, -0.2) is 0 Å². The lowest BCUT2D eigenvalue weighted by Crippen LogP contribution is -2.42. The molecule has 0 aliphatic heterocycles. The molecule has 0 bridgehead atoms. The zero-order chi connectivity index (χ0) is 18.1. The fourth-order valence-corrected chi connectivity index (χ4v) is 3.40. The van der Waals surface area contributed by atoms with E-state index in [0.29, 0.717) is 12.0 Å². The Kier molecular flexibility index (Phi) is 11.3. The van der Waals surface area contributed by atoms with Crippen LogP contribution in [0.2, 0.25) is 0 Å². The van der Waals surface area contributed by atoms with Crippen molar-refractivity contribution in [3.05, 3.63) is 18.0 Å². The highest BCUT2D eigenvalue weighted by Gasteiger charge is 2.13. The number of aromatic nitrogens is 3. The lowest BCUT2D eigenvalue weighted by Gasteiger charge is -2.16. The van der Waals surface area contributed by atoms with Crippen molar-refractivity contribution < 1.29 is 0 Å². The Morgan fingerprint density at radius 1 is 1.35 bits per heavy atom. The molecular weight excluding hydrogens is 459 g/mol. The quantitative estimate of drug-likeness (QED) is 0.138. The summed E-state index contributed by atoms with van der Waals surface area (Å²) in [4.78, 5) is 4.71. The van der Waals surface area contributed by atoms with Gasteiger partial charge in [0.15, 0.2) is 11.1 Å². The lowest BCUT2D eigenvalue weighted by molar-refractivity contribution is 0.477. The molecule has 0 saturated heterocycles. The Balaban J connectivity index is 0.00000338. The number of thioether (sulfide) groups is 1. The number of aliphatic imine (C=N–C) groups is 1. The summed E-state index contributed by atoms with van der Waals surface area (Å²) in [7, 11) is 0. The highest BCUT2D eigenvalue weighted by atomic mass is 127. The molecule has 0 spiro atoms. The topological polar surface area (TPSA) is 67.1 Å². The van der Waals surface area contributed by atoms with E-state index in [2.05, 4.69) is 64.6 Å². The Labute approximate surface area is 179 Å². The third-order valence-electron chi connectivity index (χ3n) is 4.05. The first-order valence-electron chi connectivity index (χ1n) is 9.30. The normalized spacial score (nSPS) is 14.7. The summed E-state index contributed by atoms with van der Waals surface area (Å²) in [5.74, 6) is 2.58. The summed E-state index contributed by atoms with van der Waals surface area (Å²) in [5.41, 5.74) is 0. The van der Waals surface area contributed by atoms with Crippen LogP contribution in [0.4, 0.5) is 0 Å². The average Bonchev–Trinajstić information content (AvgIpc) is 3.21. The van der Waals surface area contributed by atoms with E-state index in [1.165, 1.54) is 0 Å². The first kappa shape index (κ1) is 23.3. The minimum absolute atomic E-state index is 0. The highest BCUT2D eigenvalue weighted by molar-refractivity contribution is 14.0. The standard InChI is InChI=1S/C18H32N6S.HI/c1-5-19-17(21-15-9-6-7-10-15)20-12-8-11-16-22-23-18(25-4)24(16)13-14(2)3;/h6-7,14-15H,5,8-13H2,1-4H3,(H2,19,20,21);1H. The van der Waals surface area contributed by atoms with Crippen molar-refractivity contribution in [1.82, 2.24) is 25.4 Å². The first-order valence-corrected chi connectivity index (χ1v) is 10.5. The van der Waals surface area contributed by atoms with Crippen LogP contribution in [0.15, 0.2) is 22.3 Å². The number of guanidine groups is 1. The Bertz CT molecular complexity index is 576. The predicted octanol–water partition coefficient (Wildman–Crippen LogP) is 3.48. The summed E-state index contributed by atoms with van der Waals surface area (Å²) < 4.78 is 2.26. The maximum Gasteiger partial charge on any atom is 0.191 e. The van der Waals surface area contributed by atoms with Gasteiger partial charge in [-0.3, -0.25) is 4.99 Å². The molecule has 0 amide bonds. The van der Waals surface area contributed by atoms with E-state index in [1.807, 2.05) is 0 Å². The number of nitrogens with zero attached hydrogens (tertiary/aromatic N) is 4. The molecule has 1 aliphatic carbocycles. The minimum Gasteiger partial charge on any atom is -0.357 e. The van der Waals surface area contributed by atoms with Gasteiger partial charge in [-0.05, 0) is 38.4 Å². The maximum atomic E-state index is 4.71. The highest BCUT2D eigenvalue weighted by Crippen LogP contribution is 2.16. The van der Waals surface area contributed by atoms with Crippen molar-refractivity contribution in [2.24, 2.45) is 10.9 Å². The summed E-state index contributed by atoms with van der Waals surface area (Å²) >= 11 is 1.66. The molecule has 1 aromatic heterocycles.